The highest BCUT2D eigenvalue weighted by Gasteiger charge is 2.30. The number of nitrogens with zero attached hydrogens (tertiary/aromatic N) is 1. The van der Waals surface area contributed by atoms with Crippen molar-refractivity contribution in [2.75, 3.05) is 12.9 Å². The molecule has 1 atom stereocenters. The molecule has 3 aromatic rings. The minimum Gasteiger partial charge on any atom is -0.497 e. The van der Waals surface area contributed by atoms with Crippen molar-refractivity contribution < 1.29 is 14.3 Å². The highest BCUT2D eigenvalue weighted by molar-refractivity contribution is 7.99. The molecule has 0 bridgehead atoms. The first-order valence-corrected chi connectivity index (χ1v) is 13.5. The largest absolute Gasteiger partial charge is 0.497 e. The standard InChI is InChI=1S/C29H33ClN2O3S/c1-21(2)31-29(34)27(17-22-7-5-4-6-8-22)32(18-23-9-13-25(30)14-10-23)28(33)20-36-19-24-11-15-26(35-3)16-12-24/h4-16,21,27H,17-20H2,1-3H3,(H,31,34)/t27-/m1/s1. The van der Waals surface area contributed by atoms with Crippen molar-refractivity contribution in [1.82, 2.24) is 10.2 Å². The molecule has 0 saturated carbocycles. The van der Waals surface area contributed by atoms with Crippen molar-refractivity contribution in [1.29, 1.82) is 0 Å². The van der Waals surface area contributed by atoms with Crippen molar-refractivity contribution in [3.05, 3.63) is 101 Å². The number of nitrogens with one attached hydrogen (secondary N) is 1. The number of hydrogen-bond donors (Lipinski definition) is 1. The molecule has 1 N–H and O–H groups in total. The minimum absolute atomic E-state index is 0.0345. The average molecular weight is 525 g/mol. The lowest BCUT2D eigenvalue weighted by Gasteiger charge is -2.32. The molecular weight excluding hydrogens is 492 g/mol. The molecule has 0 aromatic heterocycles. The van der Waals surface area contributed by atoms with E-state index in [4.69, 9.17) is 16.3 Å². The number of rotatable bonds is 12. The van der Waals surface area contributed by atoms with Crippen LogP contribution in [0.2, 0.25) is 5.02 Å². The van der Waals surface area contributed by atoms with Gasteiger partial charge in [0.2, 0.25) is 11.8 Å². The maximum absolute atomic E-state index is 13.6. The van der Waals surface area contributed by atoms with E-state index in [1.54, 1.807) is 24.1 Å². The predicted octanol–water partition coefficient (Wildman–Crippen LogP) is 5.75. The topological polar surface area (TPSA) is 58.6 Å². The number of benzene rings is 3. The van der Waals surface area contributed by atoms with Gasteiger partial charge in [-0.1, -0.05) is 66.2 Å². The van der Waals surface area contributed by atoms with Crippen LogP contribution in [0, 0.1) is 0 Å². The van der Waals surface area contributed by atoms with E-state index < -0.39 is 6.04 Å². The summed E-state index contributed by atoms with van der Waals surface area (Å²) in [6, 6.07) is 24.4. The van der Waals surface area contributed by atoms with Gasteiger partial charge in [0.1, 0.15) is 11.8 Å². The number of amides is 2. The van der Waals surface area contributed by atoms with Gasteiger partial charge in [-0.2, -0.15) is 0 Å². The third-order valence-electron chi connectivity index (χ3n) is 5.62. The van der Waals surface area contributed by atoms with Gasteiger partial charge in [0.15, 0.2) is 0 Å². The Labute approximate surface area is 223 Å². The zero-order chi connectivity index (χ0) is 25.9. The van der Waals surface area contributed by atoms with Crippen LogP contribution < -0.4 is 10.1 Å². The van der Waals surface area contributed by atoms with Crippen LogP contribution in [-0.2, 0) is 28.3 Å². The van der Waals surface area contributed by atoms with E-state index in [9.17, 15) is 9.59 Å². The third-order valence-corrected chi connectivity index (χ3v) is 6.86. The van der Waals surface area contributed by atoms with Crippen LogP contribution in [0.1, 0.15) is 30.5 Å². The lowest BCUT2D eigenvalue weighted by Crippen LogP contribution is -2.52. The van der Waals surface area contributed by atoms with Crippen LogP contribution in [0.15, 0.2) is 78.9 Å². The molecule has 0 aliphatic rings. The van der Waals surface area contributed by atoms with Gasteiger partial charge in [-0.05, 0) is 54.8 Å². The van der Waals surface area contributed by atoms with Crippen molar-refractivity contribution >= 4 is 35.2 Å². The molecule has 3 aromatic carbocycles. The second-order valence-corrected chi connectivity index (χ2v) is 10.3. The fraction of sp³-hybridized carbons (Fsp3) is 0.310. The number of halogens is 1. The van der Waals surface area contributed by atoms with E-state index >= 15 is 0 Å². The van der Waals surface area contributed by atoms with E-state index in [2.05, 4.69) is 5.32 Å². The second kappa shape index (κ2) is 14.0. The smallest absolute Gasteiger partial charge is 0.243 e. The summed E-state index contributed by atoms with van der Waals surface area (Å²) in [6.45, 7) is 4.17. The Morgan fingerprint density at radius 1 is 0.917 bits per heavy atom. The fourth-order valence-electron chi connectivity index (χ4n) is 3.78. The summed E-state index contributed by atoms with van der Waals surface area (Å²) < 4.78 is 5.22. The van der Waals surface area contributed by atoms with Gasteiger partial charge >= 0.3 is 0 Å². The van der Waals surface area contributed by atoms with E-state index in [0.29, 0.717) is 23.7 Å². The number of thioether (sulfide) groups is 1. The number of hydrogen-bond acceptors (Lipinski definition) is 4. The van der Waals surface area contributed by atoms with E-state index in [-0.39, 0.29) is 23.6 Å². The van der Waals surface area contributed by atoms with E-state index in [1.165, 1.54) is 11.8 Å². The molecule has 190 valence electrons. The Kier molecular flexibility index (Phi) is 10.7. The summed E-state index contributed by atoms with van der Waals surface area (Å²) in [7, 11) is 1.64. The molecule has 0 aliphatic carbocycles. The number of carbonyl (C=O) groups excluding carboxylic acids is 2. The van der Waals surface area contributed by atoms with Gasteiger partial charge in [-0.3, -0.25) is 9.59 Å². The maximum atomic E-state index is 13.6. The van der Waals surface area contributed by atoms with Crippen molar-refractivity contribution in [2.45, 2.75) is 44.6 Å². The molecule has 0 saturated heterocycles. The first-order valence-electron chi connectivity index (χ1n) is 11.9. The van der Waals surface area contributed by atoms with Crippen molar-refractivity contribution in [3.8, 4) is 5.75 Å². The molecule has 5 nitrogen and oxygen atoms in total. The average Bonchev–Trinajstić information content (AvgIpc) is 2.87. The molecule has 7 heteroatoms. The van der Waals surface area contributed by atoms with Crippen LogP contribution in [0.4, 0.5) is 0 Å². The summed E-state index contributed by atoms with van der Waals surface area (Å²) in [5, 5.41) is 3.64. The highest BCUT2D eigenvalue weighted by Crippen LogP contribution is 2.20. The van der Waals surface area contributed by atoms with Gasteiger partial charge in [0.25, 0.3) is 0 Å². The molecule has 0 fully saturated rings. The Bertz CT molecular complexity index is 1110. The number of carbonyl (C=O) groups is 2. The molecule has 2 amide bonds. The Morgan fingerprint density at radius 3 is 2.17 bits per heavy atom. The maximum Gasteiger partial charge on any atom is 0.243 e. The second-order valence-electron chi connectivity index (χ2n) is 8.86. The minimum atomic E-state index is -0.639. The molecule has 0 radical (unpaired) electrons. The normalized spacial score (nSPS) is 11.7. The van der Waals surface area contributed by atoms with Gasteiger partial charge < -0.3 is 15.0 Å². The number of ether oxygens (including phenoxy) is 1. The molecular formula is C29H33ClN2O3S. The quantitative estimate of drug-likeness (QED) is 0.328. The lowest BCUT2D eigenvalue weighted by atomic mass is 10.0. The molecule has 36 heavy (non-hydrogen) atoms. The Morgan fingerprint density at radius 2 is 1.56 bits per heavy atom. The molecule has 0 aliphatic heterocycles. The predicted molar refractivity (Wildman–Crippen MR) is 148 cm³/mol. The van der Waals surface area contributed by atoms with E-state index in [0.717, 1.165) is 22.4 Å². The third kappa shape index (κ3) is 8.61. The molecule has 0 unspecified atom stereocenters. The summed E-state index contributed by atoms with van der Waals surface area (Å²) >= 11 is 7.61. The van der Waals surface area contributed by atoms with Crippen LogP contribution in [0.25, 0.3) is 0 Å². The first kappa shape index (κ1) is 27.6. The van der Waals surface area contributed by atoms with Crippen LogP contribution in [-0.4, -0.2) is 41.7 Å². The van der Waals surface area contributed by atoms with Gasteiger partial charge in [0.05, 0.1) is 12.9 Å². The molecule has 0 heterocycles. The summed E-state index contributed by atoms with van der Waals surface area (Å²) in [5.41, 5.74) is 3.03. The van der Waals surface area contributed by atoms with Crippen LogP contribution in [0.3, 0.4) is 0 Å². The SMILES string of the molecule is COc1ccc(CSCC(=O)N(Cc2ccc(Cl)cc2)[C@H](Cc2ccccc2)C(=O)NC(C)C)cc1. The lowest BCUT2D eigenvalue weighted by molar-refractivity contribution is -0.139. The monoisotopic (exact) mass is 524 g/mol. The molecule has 3 rings (SSSR count). The Hall–Kier alpha value is -2.96. The summed E-state index contributed by atoms with van der Waals surface area (Å²) in [5.74, 6) is 1.51. The first-order chi connectivity index (χ1) is 17.4. The fourth-order valence-corrected chi connectivity index (χ4v) is 4.78. The van der Waals surface area contributed by atoms with Crippen molar-refractivity contribution in [3.63, 3.8) is 0 Å². The van der Waals surface area contributed by atoms with Gasteiger partial charge in [-0.25, -0.2) is 0 Å². The van der Waals surface area contributed by atoms with E-state index in [1.807, 2.05) is 80.6 Å². The summed E-state index contributed by atoms with van der Waals surface area (Å²) in [6.07, 6.45) is 0.432. The Balaban J connectivity index is 1.81. The van der Waals surface area contributed by atoms with Crippen LogP contribution >= 0.6 is 23.4 Å². The van der Waals surface area contributed by atoms with Gasteiger partial charge in [-0.15, -0.1) is 11.8 Å². The number of methoxy groups -OCH3 is 1. The highest BCUT2D eigenvalue weighted by atomic mass is 35.5. The van der Waals surface area contributed by atoms with Gasteiger partial charge in [0, 0.05) is 29.8 Å². The zero-order valence-electron chi connectivity index (χ0n) is 20.9. The summed E-state index contributed by atoms with van der Waals surface area (Å²) in [4.78, 5) is 28.7. The van der Waals surface area contributed by atoms with Crippen molar-refractivity contribution in [2.24, 2.45) is 0 Å². The van der Waals surface area contributed by atoms with Crippen LogP contribution in [0.5, 0.6) is 5.75 Å². The zero-order valence-corrected chi connectivity index (χ0v) is 22.5. The molecule has 0 spiro atoms.